The lowest BCUT2D eigenvalue weighted by atomic mass is 10.1. The summed E-state index contributed by atoms with van der Waals surface area (Å²) in [5.41, 5.74) is 1.81. The highest BCUT2D eigenvalue weighted by atomic mass is 32.2. The Bertz CT molecular complexity index is 774. The van der Waals surface area contributed by atoms with Crippen LogP contribution in [0, 0.1) is 0 Å². The van der Waals surface area contributed by atoms with E-state index in [2.05, 4.69) is 0 Å². The van der Waals surface area contributed by atoms with Gasteiger partial charge in [0.1, 0.15) is 6.04 Å². The second-order valence-electron chi connectivity index (χ2n) is 5.92. The minimum atomic E-state index is -3.32. The van der Waals surface area contributed by atoms with E-state index in [4.69, 9.17) is 0 Å². The van der Waals surface area contributed by atoms with Gasteiger partial charge < -0.3 is 10.0 Å². The van der Waals surface area contributed by atoms with Crippen molar-refractivity contribution in [3.05, 3.63) is 29.3 Å². The summed E-state index contributed by atoms with van der Waals surface area (Å²) < 4.78 is 24.8. The fourth-order valence-electron chi connectivity index (χ4n) is 3.28. The van der Waals surface area contributed by atoms with Crippen LogP contribution in [0.25, 0.3) is 0 Å². The monoisotopic (exact) mass is 338 g/mol. The maximum Gasteiger partial charge on any atom is 0.326 e. The Morgan fingerprint density at radius 3 is 2.65 bits per heavy atom. The Kier molecular flexibility index (Phi) is 3.79. The van der Waals surface area contributed by atoms with Gasteiger partial charge in [-0.05, 0) is 43.0 Å². The molecule has 124 valence electrons. The second-order valence-corrected chi connectivity index (χ2v) is 7.83. The molecule has 1 saturated heterocycles. The predicted octanol–water partition coefficient (Wildman–Crippen LogP) is 0.698. The van der Waals surface area contributed by atoms with Crippen LogP contribution in [-0.4, -0.2) is 55.7 Å². The molecule has 2 aliphatic rings. The van der Waals surface area contributed by atoms with Gasteiger partial charge >= 0.3 is 5.97 Å². The fraction of sp³-hybridized carbons (Fsp3) is 0.467. The van der Waals surface area contributed by atoms with Crippen LogP contribution in [0.15, 0.2) is 18.2 Å². The standard InChI is InChI=1S/C15H18N2O5S/c1-23(21,22)17-8-6-10-9-11(4-5-12(10)17)14(18)16-7-2-3-13(16)15(19)20/h4-5,9,13H,2-3,6-8H2,1H3,(H,19,20)/t13-/m0/s1. The number of carboxylic acid groups (broad SMARTS) is 1. The van der Waals surface area contributed by atoms with Gasteiger partial charge in [-0.15, -0.1) is 0 Å². The van der Waals surface area contributed by atoms with Gasteiger partial charge in [0.25, 0.3) is 5.91 Å². The van der Waals surface area contributed by atoms with Crippen molar-refractivity contribution < 1.29 is 23.1 Å². The molecule has 1 fully saturated rings. The number of anilines is 1. The first-order valence-corrected chi connectivity index (χ1v) is 9.28. The molecule has 1 atom stereocenters. The predicted molar refractivity (Wildman–Crippen MR) is 84.0 cm³/mol. The van der Waals surface area contributed by atoms with Crippen LogP contribution >= 0.6 is 0 Å². The highest BCUT2D eigenvalue weighted by molar-refractivity contribution is 7.92. The molecule has 1 N–H and O–H groups in total. The molecule has 1 amide bonds. The summed E-state index contributed by atoms with van der Waals surface area (Å²) in [6, 6.07) is 4.10. The van der Waals surface area contributed by atoms with Crippen LogP contribution in [0.4, 0.5) is 5.69 Å². The summed E-state index contributed by atoms with van der Waals surface area (Å²) in [6.45, 7) is 0.801. The van der Waals surface area contributed by atoms with Gasteiger partial charge in [-0.25, -0.2) is 13.2 Å². The number of carboxylic acids is 1. The van der Waals surface area contributed by atoms with Gasteiger partial charge in [0.05, 0.1) is 11.9 Å². The molecule has 3 rings (SSSR count). The molecule has 0 aliphatic carbocycles. The van der Waals surface area contributed by atoms with Gasteiger partial charge in [0, 0.05) is 18.7 Å². The molecule has 0 spiro atoms. The van der Waals surface area contributed by atoms with Gasteiger partial charge in [0.15, 0.2) is 0 Å². The minimum Gasteiger partial charge on any atom is -0.480 e. The van der Waals surface area contributed by atoms with Gasteiger partial charge in [-0.2, -0.15) is 0 Å². The van der Waals surface area contributed by atoms with Crippen molar-refractivity contribution in [1.82, 2.24) is 4.90 Å². The molecule has 0 bridgehead atoms. The van der Waals surface area contributed by atoms with Crippen molar-refractivity contribution in [3.8, 4) is 0 Å². The van der Waals surface area contributed by atoms with E-state index in [-0.39, 0.29) is 5.91 Å². The Labute approximate surface area is 134 Å². The van der Waals surface area contributed by atoms with E-state index in [1.54, 1.807) is 18.2 Å². The number of carbonyl (C=O) groups excluding carboxylic acids is 1. The van der Waals surface area contributed by atoms with Crippen LogP contribution in [0.5, 0.6) is 0 Å². The number of amides is 1. The third-order valence-electron chi connectivity index (χ3n) is 4.38. The fourth-order valence-corrected chi connectivity index (χ4v) is 4.24. The molecule has 1 aromatic rings. The lowest BCUT2D eigenvalue weighted by Gasteiger charge is -2.22. The molecular formula is C15H18N2O5S. The number of hydrogen-bond acceptors (Lipinski definition) is 4. The number of benzene rings is 1. The number of nitrogens with zero attached hydrogens (tertiary/aromatic N) is 2. The van der Waals surface area contributed by atoms with E-state index in [0.29, 0.717) is 43.6 Å². The SMILES string of the molecule is CS(=O)(=O)N1CCc2cc(C(=O)N3CCC[C@H]3C(=O)O)ccc21. The second kappa shape index (κ2) is 5.52. The molecule has 7 nitrogen and oxygen atoms in total. The third-order valence-corrected chi connectivity index (χ3v) is 5.56. The molecule has 1 aromatic carbocycles. The maximum atomic E-state index is 12.6. The van der Waals surface area contributed by atoms with Crippen LogP contribution in [0.3, 0.4) is 0 Å². The van der Waals surface area contributed by atoms with Crippen molar-refractivity contribution in [2.24, 2.45) is 0 Å². The van der Waals surface area contributed by atoms with Crippen LogP contribution in [0.2, 0.25) is 0 Å². The Morgan fingerprint density at radius 1 is 1.26 bits per heavy atom. The summed E-state index contributed by atoms with van der Waals surface area (Å²) >= 11 is 0. The number of sulfonamides is 1. The number of fused-ring (bicyclic) bond motifs is 1. The number of hydrogen-bond donors (Lipinski definition) is 1. The van der Waals surface area contributed by atoms with Crippen LogP contribution in [0.1, 0.15) is 28.8 Å². The normalized spacial score (nSPS) is 20.7. The topological polar surface area (TPSA) is 95.0 Å². The summed E-state index contributed by atoms with van der Waals surface area (Å²) in [5, 5.41) is 9.19. The minimum absolute atomic E-state index is 0.310. The van der Waals surface area contributed by atoms with E-state index >= 15 is 0 Å². The van der Waals surface area contributed by atoms with Crippen molar-refractivity contribution >= 4 is 27.6 Å². The van der Waals surface area contributed by atoms with Crippen molar-refractivity contribution in [3.63, 3.8) is 0 Å². The lowest BCUT2D eigenvalue weighted by molar-refractivity contribution is -0.141. The summed E-state index contributed by atoms with van der Waals surface area (Å²) in [5.74, 6) is -1.30. The van der Waals surface area contributed by atoms with Crippen LogP contribution in [-0.2, 0) is 21.2 Å². The molecule has 2 heterocycles. The number of carbonyl (C=O) groups is 2. The van der Waals surface area contributed by atoms with Crippen molar-refractivity contribution in [1.29, 1.82) is 0 Å². The third kappa shape index (κ3) is 2.78. The first-order valence-electron chi connectivity index (χ1n) is 7.43. The largest absolute Gasteiger partial charge is 0.480 e. The highest BCUT2D eigenvalue weighted by Gasteiger charge is 2.35. The van der Waals surface area contributed by atoms with E-state index < -0.39 is 22.0 Å². The zero-order valence-electron chi connectivity index (χ0n) is 12.7. The number of likely N-dealkylation sites (tertiary alicyclic amines) is 1. The summed E-state index contributed by atoms with van der Waals surface area (Å²) in [4.78, 5) is 25.2. The molecule has 23 heavy (non-hydrogen) atoms. The maximum absolute atomic E-state index is 12.6. The first-order chi connectivity index (χ1) is 10.8. The van der Waals surface area contributed by atoms with E-state index in [1.165, 1.54) is 9.21 Å². The number of aliphatic carboxylic acids is 1. The average Bonchev–Trinajstić information content (AvgIpc) is 3.11. The first kappa shape index (κ1) is 15.8. The molecular weight excluding hydrogens is 320 g/mol. The van der Waals surface area contributed by atoms with Gasteiger partial charge in [-0.3, -0.25) is 9.10 Å². The molecule has 0 unspecified atom stereocenters. The summed E-state index contributed by atoms with van der Waals surface area (Å²) in [7, 11) is -3.32. The van der Waals surface area contributed by atoms with E-state index in [0.717, 1.165) is 11.8 Å². The molecule has 8 heteroatoms. The van der Waals surface area contributed by atoms with E-state index in [9.17, 15) is 23.1 Å². The Hall–Kier alpha value is -2.09. The highest BCUT2D eigenvalue weighted by Crippen LogP contribution is 2.31. The summed E-state index contributed by atoms with van der Waals surface area (Å²) in [6.07, 6.45) is 2.85. The van der Waals surface area contributed by atoms with Crippen LogP contribution < -0.4 is 4.31 Å². The molecule has 0 radical (unpaired) electrons. The van der Waals surface area contributed by atoms with Crippen molar-refractivity contribution in [2.45, 2.75) is 25.3 Å². The lowest BCUT2D eigenvalue weighted by Crippen LogP contribution is -2.40. The van der Waals surface area contributed by atoms with Gasteiger partial charge in [-0.1, -0.05) is 0 Å². The zero-order valence-corrected chi connectivity index (χ0v) is 13.5. The number of rotatable bonds is 3. The van der Waals surface area contributed by atoms with Crippen molar-refractivity contribution in [2.75, 3.05) is 23.7 Å². The Morgan fingerprint density at radius 2 is 2.00 bits per heavy atom. The molecule has 0 saturated carbocycles. The Balaban J connectivity index is 1.89. The van der Waals surface area contributed by atoms with E-state index in [1.807, 2.05) is 0 Å². The zero-order chi connectivity index (χ0) is 16.8. The van der Waals surface area contributed by atoms with Gasteiger partial charge in [0.2, 0.25) is 10.0 Å². The average molecular weight is 338 g/mol. The quantitative estimate of drug-likeness (QED) is 0.875. The smallest absolute Gasteiger partial charge is 0.326 e. The molecule has 2 aliphatic heterocycles. The molecule has 0 aromatic heterocycles.